The molecule has 0 amide bonds. The zero-order valence-electron chi connectivity index (χ0n) is 20.8. The van der Waals surface area contributed by atoms with E-state index in [0.29, 0.717) is 26.4 Å². The number of rotatable bonds is 6. The van der Waals surface area contributed by atoms with Gasteiger partial charge in [0.1, 0.15) is 5.75 Å². The minimum atomic E-state index is -0.713. The molecule has 1 aliphatic heterocycles. The van der Waals surface area contributed by atoms with E-state index in [1.165, 1.54) is 18.3 Å². The van der Waals surface area contributed by atoms with Crippen molar-refractivity contribution in [1.29, 1.82) is 0 Å². The summed E-state index contributed by atoms with van der Waals surface area (Å²) in [5.41, 5.74) is 2.83. The number of carbonyl (C=O) groups excluding carboxylic acids is 2. The first-order valence-corrected chi connectivity index (χ1v) is 12.9. The van der Waals surface area contributed by atoms with Crippen molar-refractivity contribution in [3.8, 4) is 5.75 Å². The van der Waals surface area contributed by atoms with Crippen LogP contribution in [0.3, 0.4) is 0 Å². The van der Waals surface area contributed by atoms with Gasteiger partial charge in [0.05, 0.1) is 28.5 Å². The van der Waals surface area contributed by atoms with E-state index >= 15 is 0 Å². The van der Waals surface area contributed by atoms with E-state index < -0.39 is 18.0 Å². The lowest BCUT2D eigenvalue weighted by molar-refractivity contribution is -0.139. The number of carbonyl (C=O) groups is 2. The summed E-state index contributed by atoms with van der Waals surface area (Å²) in [5.74, 6) is -0.496. The minimum Gasteiger partial charge on any atom is -0.463 e. The van der Waals surface area contributed by atoms with E-state index in [-0.39, 0.29) is 12.2 Å². The highest BCUT2D eigenvalue weighted by Gasteiger charge is 2.35. The quantitative estimate of drug-likeness (QED) is 0.282. The SMILES string of the molecule is CCOC(=O)C1=C(c2ccccc2)N=c2s/c(=C\c3ccc(OC(C)=O)cc3)c(=O)n2[C@H]1c1ccccc1. The second kappa shape index (κ2) is 10.8. The van der Waals surface area contributed by atoms with Crippen LogP contribution < -0.4 is 19.6 Å². The van der Waals surface area contributed by atoms with Crippen LogP contribution in [0.5, 0.6) is 5.75 Å². The lowest BCUT2D eigenvalue weighted by Gasteiger charge is -2.25. The van der Waals surface area contributed by atoms with Crippen molar-refractivity contribution < 1.29 is 19.1 Å². The highest BCUT2D eigenvalue weighted by atomic mass is 32.1. The zero-order valence-corrected chi connectivity index (χ0v) is 21.6. The fourth-order valence-corrected chi connectivity index (χ4v) is 5.34. The third kappa shape index (κ3) is 4.99. The maximum Gasteiger partial charge on any atom is 0.338 e. The lowest BCUT2D eigenvalue weighted by Crippen LogP contribution is -2.39. The fraction of sp³-hybridized carbons (Fsp3) is 0.133. The first kappa shape index (κ1) is 25.1. The Morgan fingerprint density at radius 2 is 1.63 bits per heavy atom. The van der Waals surface area contributed by atoms with Crippen LogP contribution in [0.4, 0.5) is 0 Å². The van der Waals surface area contributed by atoms with Gasteiger partial charge in [0.15, 0.2) is 4.80 Å². The second-order valence-corrected chi connectivity index (χ2v) is 9.51. The van der Waals surface area contributed by atoms with Gasteiger partial charge in [0, 0.05) is 12.5 Å². The van der Waals surface area contributed by atoms with E-state index in [4.69, 9.17) is 14.5 Å². The maximum atomic E-state index is 13.8. The third-order valence-corrected chi connectivity index (χ3v) is 6.91. The molecule has 7 nitrogen and oxygen atoms in total. The van der Waals surface area contributed by atoms with Crippen LogP contribution in [0.1, 0.15) is 36.6 Å². The fourth-order valence-electron chi connectivity index (χ4n) is 4.34. The number of hydrogen-bond acceptors (Lipinski definition) is 7. The number of fused-ring (bicyclic) bond motifs is 1. The van der Waals surface area contributed by atoms with Crippen molar-refractivity contribution in [3.63, 3.8) is 0 Å². The number of nitrogens with zero attached hydrogens (tertiary/aromatic N) is 2. The molecule has 0 aliphatic carbocycles. The molecular formula is C30H24N2O5S. The molecule has 0 radical (unpaired) electrons. The van der Waals surface area contributed by atoms with Gasteiger partial charge in [-0.15, -0.1) is 0 Å². The average molecular weight is 525 g/mol. The third-order valence-electron chi connectivity index (χ3n) is 5.93. The molecule has 5 rings (SSSR count). The number of hydrogen-bond donors (Lipinski definition) is 0. The Balaban J connectivity index is 1.74. The van der Waals surface area contributed by atoms with Gasteiger partial charge in [-0.3, -0.25) is 14.2 Å². The van der Waals surface area contributed by atoms with Crippen molar-refractivity contribution in [3.05, 3.63) is 127 Å². The van der Waals surface area contributed by atoms with Gasteiger partial charge in [-0.1, -0.05) is 84.1 Å². The molecule has 0 fully saturated rings. The normalized spacial score (nSPS) is 15.0. The second-order valence-electron chi connectivity index (χ2n) is 8.50. The summed E-state index contributed by atoms with van der Waals surface area (Å²) >= 11 is 1.25. The Hall–Kier alpha value is -4.56. The predicted octanol–water partition coefficient (Wildman–Crippen LogP) is 3.86. The number of esters is 2. The van der Waals surface area contributed by atoms with E-state index in [2.05, 4.69) is 0 Å². The summed E-state index contributed by atoms with van der Waals surface area (Å²) in [7, 11) is 0. The summed E-state index contributed by atoms with van der Waals surface area (Å²) in [4.78, 5) is 43.8. The molecule has 1 atom stereocenters. The molecule has 0 unspecified atom stereocenters. The summed E-state index contributed by atoms with van der Waals surface area (Å²) < 4.78 is 12.6. The molecule has 1 aromatic heterocycles. The van der Waals surface area contributed by atoms with Crippen LogP contribution in [-0.2, 0) is 14.3 Å². The van der Waals surface area contributed by atoms with Gasteiger partial charge in [-0.2, -0.15) is 0 Å². The van der Waals surface area contributed by atoms with E-state index in [1.807, 2.05) is 60.7 Å². The predicted molar refractivity (Wildman–Crippen MR) is 145 cm³/mol. The van der Waals surface area contributed by atoms with Crippen LogP contribution in [-0.4, -0.2) is 23.1 Å². The van der Waals surface area contributed by atoms with Crippen LogP contribution in [0, 0.1) is 0 Å². The molecule has 38 heavy (non-hydrogen) atoms. The van der Waals surface area contributed by atoms with Crippen molar-refractivity contribution in [1.82, 2.24) is 4.57 Å². The van der Waals surface area contributed by atoms with Gasteiger partial charge in [-0.05, 0) is 36.3 Å². The molecule has 1 aliphatic rings. The van der Waals surface area contributed by atoms with Crippen molar-refractivity contribution in [2.75, 3.05) is 6.61 Å². The van der Waals surface area contributed by atoms with Crippen molar-refractivity contribution in [2.45, 2.75) is 19.9 Å². The Morgan fingerprint density at radius 1 is 0.974 bits per heavy atom. The highest BCUT2D eigenvalue weighted by molar-refractivity contribution is 7.07. The van der Waals surface area contributed by atoms with Crippen LogP contribution in [0.25, 0.3) is 11.8 Å². The van der Waals surface area contributed by atoms with E-state index in [1.54, 1.807) is 41.8 Å². The molecule has 0 saturated heterocycles. The summed E-state index contributed by atoms with van der Waals surface area (Å²) in [6.07, 6.45) is 1.76. The van der Waals surface area contributed by atoms with Gasteiger partial charge in [0.2, 0.25) is 0 Å². The maximum absolute atomic E-state index is 13.8. The molecule has 0 spiro atoms. The molecule has 0 N–H and O–H groups in total. The Bertz CT molecular complexity index is 1700. The standard InChI is InChI=1S/C30H24N2O5S/c1-3-36-29(35)25-26(21-10-6-4-7-11-21)31-30-32(27(25)22-12-8-5-9-13-22)28(34)24(38-30)18-20-14-16-23(17-15-20)37-19(2)33/h4-18,27H,3H2,1-2H3/b24-18-/t27-/m0/s1. The Kier molecular flexibility index (Phi) is 7.15. The lowest BCUT2D eigenvalue weighted by atomic mass is 9.93. The topological polar surface area (TPSA) is 87.0 Å². The molecule has 8 heteroatoms. The van der Waals surface area contributed by atoms with E-state index in [0.717, 1.165) is 16.7 Å². The number of thiazole rings is 1. The van der Waals surface area contributed by atoms with Crippen LogP contribution >= 0.6 is 11.3 Å². The number of benzene rings is 3. The first-order valence-electron chi connectivity index (χ1n) is 12.1. The monoisotopic (exact) mass is 524 g/mol. The molecule has 2 heterocycles. The van der Waals surface area contributed by atoms with Gasteiger partial charge >= 0.3 is 11.9 Å². The van der Waals surface area contributed by atoms with Gasteiger partial charge in [-0.25, -0.2) is 9.79 Å². The molecule has 0 bridgehead atoms. The van der Waals surface area contributed by atoms with Crippen molar-refractivity contribution >= 4 is 35.0 Å². The van der Waals surface area contributed by atoms with E-state index in [9.17, 15) is 14.4 Å². The largest absolute Gasteiger partial charge is 0.463 e. The zero-order chi connectivity index (χ0) is 26.6. The molecule has 190 valence electrons. The average Bonchev–Trinajstić information content (AvgIpc) is 3.24. The number of aromatic nitrogens is 1. The Morgan fingerprint density at radius 3 is 2.26 bits per heavy atom. The molecule has 3 aromatic carbocycles. The summed E-state index contributed by atoms with van der Waals surface area (Å²) in [6.45, 7) is 3.28. The highest BCUT2D eigenvalue weighted by Crippen LogP contribution is 2.35. The summed E-state index contributed by atoms with van der Waals surface area (Å²) in [6, 6.07) is 25.0. The summed E-state index contributed by atoms with van der Waals surface area (Å²) in [5, 5.41) is 0. The minimum absolute atomic E-state index is 0.194. The van der Waals surface area contributed by atoms with Crippen LogP contribution in [0.2, 0.25) is 0 Å². The van der Waals surface area contributed by atoms with Crippen molar-refractivity contribution in [2.24, 2.45) is 4.99 Å². The van der Waals surface area contributed by atoms with Gasteiger partial charge < -0.3 is 9.47 Å². The number of ether oxygens (including phenoxy) is 2. The molecule has 4 aromatic rings. The van der Waals surface area contributed by atoms with Gasteiger partial charge in [0.25, 0.3) is 5.56 Å². The first-order chi connectivity index (χ1) is 18.5. The van der Waals surface area contributed by atoms with Crippen LogP contribution in [0.15, 0.2) is 100 Å². The Labute approximate surface area is 222 Å². The molecule has 0 saturated carbocycles. The molecular weight excluding hydrogens is 500 g/mol. The smallest absolute Gasteiger partial charge is 0.338 e.